The number of carbonyl (C=O) groups is 2. The van der Waals surface area contributed by atoms with Gasteiger partial charge in [-0.05, 0) is 31.5 Å². The number of nitrogens with one attached hydrogen (secondary N) is 1. The summed E-state index contributed by atoms with van der Waals surface area (Å²) in [5.41, 5.74) is 0.575. The predicted octanol–water partition coefficient (Wildman–Crippen LogP) is 2.08. The molecule has 20 heavy (non-hydrogen) atoms. The monoisotopic (exact) mass is 296 g/mol. The largest absolute Gasteiger partial charge is 0.481 e. The Kier molecular flexibility index (Phi) is 4.98. The highest BCUT2D eigenvalue weighted by Crippen LogP contribution is 2.21. The third-order valence-electron chi connectivity index (χ3n) is 3.37. The molecule has 1 aliphatic heterocycles. The van der Waals surface area contributed by atoms with Gasteiger partial charge in [-0.25, -0.2) is 0 Å². The standard InChI is InChI=1S/C14H17ClN2O3/c15-11-5-1-2-6-12(11)16-13(18)9-17-7-3-4-10(8-17)14(19)20/h1-2,5-6,10H,3-4,7-9H2,(H,16,18)(H,19,20). The number of rotatable bonds is 4. The number of anilines is 1. The molecule has 2 N–H and O–H groups in total. The SMILES string of the molecule is O=C(CN1CCCC(C(=O)O)C1)Nc1ccccc1Cl. The Morgan fingerprint density at radius 3 is 2.85 bits per heavy atom. The molecule has 108 valence electrons. The molecule has 0 bridgehead atoms. The minimum Gasteiger partial charge on any atom is -0.481 e. The van der Waals surface area contributed by atoms with E-state index in [4.69, 9.17) is 16.7 Å². The highest BCUT2D eigenvalue weighted by Gasteiger charge is 2.26. The van der Waals surface area contributed by atoms with Gasteiger partial charge in [0.05, 0.1) is 23.2 Å². The molecule has 1 saturated heterocycles. The van der Waals surface area contributed by atoms with E-state index in [0.717, 1.165) is 13.0 Å². The second-order valence-corrected chi connectivity index (χ2v) is 5.35. The van der Waals surface area contributed by atoms with E-state index in [1.165, 1.54) is 0 Å². The fourth-order valence-corrected chi connectivity index (χ4v) is 2.54. The fraction of sp³-hybridized carbons (Fsp3) is 0.429. The number of likely N-dealkylation sites (tertiary alicyclic amines) is 1. The third-order valence-corrected chi connectivity index (χ3v) is 3.70. The van der Waals surface area contributed by atoms with E-state index in [9.17, 15) is 9.59 Å². The quantitative estimate of drug-likeness (QED) is 0.892. The zero-order chi connectivity index (χ0) is 14.5. The van der Waals surface area contributed by atoms with Gasteiger partial charge in [0, 0.05) is 6.54 Å². The lowest BCUT2D eigenvalue weighted by Gasteiger charge is -2.29. The first-order chi connectivity index (χ1) is 9.56. The van der Waals surface area contributed by atoms with Crippen molar-refractivity contribution >= 4 is 29.2 Å². The van der Waals surface area contributed by atoms with Crippen molar-refractivity contribution in [3.63, 3.8) is 0 Å². The van der Waals surface area contributed by atoms with Crippen LogP contribution < -0.4 is 5.32 Å². The molecule has 1 aromatic rings. The van der Waals surface area contributed by atoms with Crippen LogP contribution in [0.4, 0.5) is 5.69 Å². The van der Waals surface area contributed by atoms with E-state index >= 15 is 0 Å². The molecular formula is C14H17ClN2O3. The van der Waals surface area contributed by atoms with Gasteiger partial charge in [0.15, 0.2) is 0 Å². The highest BCUT2D eigenvalue weighted by molar-refractivity contribution is 6.33. The van der Waals surface area contributed by atoms with E-state index in [1.54, 1.807) is 24.3 Å². The van der Waals surface area contributed by atoms with Gasteiger partial charge in [-0.15, -0.1) is 0 Å². The fourth-order valence-electron chi connectivity index (χ4n) is 2.36. The van der Waals surface area contributed by atoms with Crippen LogP contribution in [-0.2, 0) is 9.59 Å². The molecule has 5 nitrogen and oxygen atoms in total. The number of nitrogens with zero attached hydrogens (tertiary/aromatic N) is 1. The zero-order valence-electron chi connectivity index (χ0n) is 11.0. The molecule has 1 heterocycles. The average molecular weight is 297 g/mol. The number of halogens is 1. The summed E-state index contributed by atoms with van der Waals surface area (Å²) in [6.45, 7) is 1.36. The smallest absolute Gasteiger partial charge is 0.307 e. The molecule has 2 rings (SSSR count). The van der Waals surface area contributed by atoms with Gasteiger partial charge in [0.1, 0.15) is 0 Å². The van der Waals surface area contributed by atoms with Crippen molar-refractivity contribution in [3.05, 3.63) is 29.3 Å². The molecular weight excluding hydrogens is 280 g/mol. The van der Waals surface area contributed by atoms with Crippen LogP contribution in [0.1, 0.15) is 12.8 Å². The normalized spacial score (nSPS) is 19.6. The maximum atomic E-state index is 12.0. The number of piperidine rings is 1. The molecule has 1 atom stereocenters. The molecule has 1 fully saturated rings. The number of aliphatic carboxylic acids is 1. The van der Waals surface area contributed by atoms with Gasteiger partial charge < -0.3 is 10.4 Å². The third kappa shape index (κ3) is 3.95. The predicted molar refractivity (Wildman–Crippen MR) is 76.9 cm³/mol. The molecule has 0 aliphatic carbocycles. The van der Waals surface area contributed by atoms with Crippen molar-refractivity contribution < 1.29 is 14.7 Å². The van der Waals surface area contributed by atoms with Gasteiger partial charge in [-0.3, -0.25) is 14.5 Å². The molecule has 0 saturated carbocycles. The summed E-state index contributed by atoms with van der Waals surface area (Å²) in [4.78, 5) is 24.8. The van der Waals surface area contributed by atoms with Gasteiger partial charge in [-0.1, -0.05) is 23.7 Å². The van der Waals surface area contributed by atoms with Crippen LogP contribution in [0, 0.1) is 5.92 Å². The summed E-state index contributed by atoms with van der Waals surface area (Å²) in [5.74, 6) is -1.35. The Morgan fingerprint density at radius 2 is 2.15 bits per heavy atom. The van der Waals surface area contributed by atoms with Crippen LogP contribution in [0.15, 0.2) is 24.3 Å². The van der Waals surface area contributed by atoms with Crippen molar-refractivity contribution in [3.8, 4) is 0 Å². The summed E-state index contributed by atoms with van der Waals surface area (Å²) in [5, 5.41) is 12.2. The van der Waals surface area contributed by atoms with Gasteiger partial charge in [0.25, 0.3) is 0 Å². The van der Waals surface area contributed by atoms with Crippen LogP contribution in [-0.4, -0.2) is 41.5 Å². The van der Waals surface area contributed by atoms with Crippen molar-refractivity contribution in [2.24, 2.45) is 5.92 Å². The highest BCUT2D eigenvalue weighted by atomic mass is 35.5. The summed E-state index contributed by atoms with van der Waals surface area (Å²) < 4.78 is 0. The summed E-state index contributed by atoms with van der Waals surface area (Å²) in [6.07, 6.45) is 1.48. The number of carbonyl (C=O) groups excluding carboxylic acids is 1. The van der Waals surface area contributed by atoms with Crippen LogP contribution in [0.3, 0.4) is 0 Å². The Labute approximate surface area is 122 Å². The van der Waals surface area contributed by atoms with E-state index < -0.39 is 5.97 Å². The number of carboxylic acids is 1. The molecule has 1 amide bonds. The van der Waals surface area contributed by atoms with Crippen molar-refractivity contribution in [1.29, 1.82) is 0 Å². The molecule has 0 radical (unpaired) electrons. The van der Waals surface area contributed by atoms with Crippen molar-refractivity contribution in [1.82, 2.24) is 4.90 Å². The number of benzene rings is 1. The maximum absolute atomic E-state index is 12.0. The van der Waals surface area contributed by atoms with Gasteiger partial charge >= 0.3 is 5.97 Å². The number of hydrogen-bond donors (Lipinski definition) is 2. The first kappa shape index (κ1) is 14.8. The minimum absolute atomic E-state index is 0.177. The lowest BCUT2D eigenvalue weighted by atomic mass is 9.98. The Morgan fingerprint density at radius 1 is 1.40 bits per heavy atom. The number of amides is 1. The second kappa shape index (κ2) is 6.72. The summed E-state index contributed by atoms with van der Waals surface area (Å²) in [6, 6.07) is 7.03. The molecule has 6 heteroatoms. The zero-order valence-corrected chi connectivity index (χ0v) is 11.8. The Balaban J connectivity index is 1.88. The number of para-hydroxylation sites is 1. The summed E-state index contributed by atoms with van der Waals surface area (Å²) in [7, 11) is 0. The Bertz CT molecular complexity index is 507. The van der Waals surface area contributed by atoms with E-state index in [-0.39, 0.29) is 18.4 Å². The maximum Gasteiger partial charge on any atom is 0.307 e. The first-order valence-corrected chi connectivity index (χ1v) is 6.93. The van der Waals surface area contributed by atoms with Crippen molar-refractivity contribution in [2.45, 2.75) is 12.8 Å². The van der Waals surface area contributed by atoms with Crippen LogP contribution in [0.2, 0.25) is 5.02 Å². The Hall–Kier alpha value is -1.59. The lowest BCUT2D eigenvalue weighted by Crippen LogP contribution is -2.42. The number of carboxylic acid groups (broad SMARTS) is 1. The minimum atomic E-state index is -0.791. The van der Waals surface area contributed by atoms with Crippen molar-refractivity contribution in [2.75, 3.05) is 25.0 Å². The van der Waals surface area contributed by atoms with Crippen LogP contribution >= 0.6 is 11.6 Å². The van der Waals surface area contributed by atoms with Crippen LogP contribution in [0.25, 0.3) is 0 Å². The molecule has 1 aromatic carbocycles. The van der Waals surface area contributed by atoms with Gasteiger partial charge in [-0.2, -0.15) is 0 Å². The molecule has 0 aromatic heterocycles. The number of hydrogen-bond acceptors (Lipinski definition) is 3. The topological polar surface area (TPSA) is 69.6 Å². The van der Waals surface area contributed by atoms with E-state index in [2.05, 4.69) is 5.32 Å². The van der Waals surface area contributed by atoms with Crippen LogP contribution in [0.5, 0.6) is 0 Å². The summed E-state index contributed by atoms with van der Waals surface area (Å²) >= 11 is 5.97. The second-order valence-electron chi connectivity index (χ2n) is 4.94. The molecule has 1 unspecified atom stereocenters. The average Bonchev–Trinajstić information content (AvgIpc) is 2.41. The lowest BCUT2D eigenvalue weighted by molar-refractivity contribution is -0.144. The van der Waals surface area contributed by atoms with Gasteiger partial charge in [0.2, 0.25) is 5.91 Å². The first-order valence-electron chi connectivity index (χ1n) is 6.56. The molecule has 1 aliphatic rings. The molecule has 0 spiro atoms. The van der Waals surface area contributed by atoms with E-state index in [0.29, 0.717) is 23.7 Å². The van der Waals surface area contributed by atoms with E-state index in [1.807, 2.05) is 4.90 Å².